The number of halogens is 1. The van der Waals surface area contributed by atoms with Crippen molar-refractivity contribution >= 4 is 22.9 Å². The summed E-state index contributed by atoms with van der Waals surface area (Å²) in [5, 5.41) is 9.75. The maximum atomic E-state index is 14.2. The molecule has 0 unspecified atom stereocenters. The lowest BCUT2D eigenvalue weighted by Gasteiger charge is -2.32. The number of urea groups is 1. The van der Waals surface area contributed by atoms with Crippen molar-refractivity contribution < 1.29 is 19.1 Å². The van der Waals surface area contributed by atoms with E-state index in [0.29, 0.717) is 30.6 Å². The highest BCUT2D eigenvalue weighted by Gasteiger charge is 2.27. The van der Waals surface area contributed by atoms with Crippen LogP contribution >= 0.6 is 0 Å². The van der Waals surface area contributed by atoms with Gasteiger partial charge in [0, 0.05) is 44.3 Å². The van der Waals surface area contributed by atoms with Gasteiger partial charge in [0.05, 0.1) is 11.9 Å². The van der Waals surface area contributed by atoms with Crippen molar-refractivity contribution in [1.82, 2.24) is 14.4 Å². The number of nitrogens with zero attached hydrogens (tertiary/aromatic N) is 3. The van der Waals surface area contributed by atoms with Gasteiger partial charge in [-0.2, -0.15) is 0 Å². The molecular weight excluding hydrogens is 337 g/mol. The fraction of sp³-hybridized carbons (Fsp3) is 0.474. The molecule has 7 heteroatoms. The minimum Gasteiger partial charge on any atom is -0.481 e. The van der Waals surface area contributed by atoms with Gasteiger partial charge in [-0.25, -0.2) is 9.18 Å². The van der Waals surface area contributed by atoms with E-state index in [1.807, 2.05) is 9.47 Å². The number of carboxylic acid groups (broad SMARTS) is 1. The maximum Gasteiger partial charge on any atom is 0.320 e. The fourth-order valence-electron chi connectivity index (χ4n) is 4.12. The third-order valence-electron chi connectivity index (χ3n) is 5.31. The lowest BCUT2D eigenvalue weighted by Crippen LogP contribution is -2.45. The minimum absolute atomic E-state index is 0.0126. The second-order valence-electron chi connectivity index (χ2n) is 7.13. The molecule has 4 rings (SSSR count). The summed E-state index contributed by atoms with van der Waals surface area (Å²) in [5.41, 5.74) is 2.19. The van der Waals surface area contributed by atoms with Crippen LogP contribution in [-0.4, -0.2) is 51.1 Å². The predicted molar refractivity (Wildman–Crippen MR) is 94.5 cm³/mol. The number of piperidine rings is 1. The average Bonchev–Trinajstić information content (AvgIpc) is 2.84. The van der Waals surface area contributed by atoms with E-state index in [0.717, 1.165) is 43.4 Å². The summed E-state index contributed by atoms with van der Waals surface area (Å²) < 4.78 is 16.1. The van der Waals surface area contributed by atoms with Crippen LogP contribution in [-0.2, 0) is 24.3 Å². The van der Waals surface area contributed by atoms with E-state index in [1.54, 1.807) is 11.1 Å². The Balaban J connectivity index is 1.68. The number of aliphatic carboxylic acids is 1. The molecule has 1 N–H and O–H groups in total. The van der Waals surface area contributed by atoms with Crippen molar-refractivity contribution in [3.63, 3.8) is 0 Å². The zero-order valence-corrected chi connectivity index (χ0v) is 14.6. The van der Waals surface area contributed by atoms with Gasteiger partial charge in [0.2, 0.25) is 0 Å². The number of benzene rings is 1. The second-order valence-corrected chi connectivity index (χ2v) is 7.13. The highest BCUT2D eigenvalue weighted by atomic mass is 19.1. The quantitative estimate of drug-likeness (QED) is 0.897. The molecule has 1 aromatic heterocycles. The van der Waals surface area contributed by atoms with Crippen LogP contribution in [0.5, 0.6) is 0 Å². The Bertz CT molecular complexity index is 871. The number of carbonyl (C=O) groups is 2. The molecule has 3 heterocycles. The zero-order valence-electron chi connectivity index (χ0n) is 14.6. The summed E-state index contributed by atoms with van der Waals surface area (Å²) >= 11 is 0. The number of hydrogen-bond acceptors (Lipinski definition) is 2. The highest BCUT2D eigenvalue weighted by Crippen LogP contribution is 2.30. The van der Waals surface area contributed by atoms with Gasteiger partial charge in [-0.3, -0.25) is 4.79 Å². The molecule has 0 saturated carbocycles. The van der Waals surface area contributed by atoms with Gasteiger partial charge in [-0.15, -0.1) is 0 Å². The van der Waals surface area contributed by atoms with E-state index in [1.165, 1.54) is 12.1 Å². The number of aromatic nitrogens is 1. The summed E-state index contributed by atoms with van der Waals surface area (Å²) in [6.45, 7) is 3.02. The monoisotopic (exact) mass is 359 g/mol. The molecule has 0 aliphatic carbocycles. The molecule has 1 aromatic carbocycles. The molecule has 2 amide bonds. The third kappa shape index (κ3) is 3.02. The van der Waals surface area contributed by atoms with Crippen LogP contribution in [0.1, 0.15) is 30.4 Å². The number of hydrogen-bond donors (Lipinski definition) is 1. The molecule has 2 aromatic rings. The zero-order chi connectivity index (χ0) is 18.3. The first-order chi connectivity index (χ1) is 12.5. The van der Waals surface area contributed by atoms with E-state index in [2.05, 4.69) is 0 Å². The predicted octanol–water partition coefficient (Wildman–Crippen LogP) is 2.83. The lowest BCUT2D eigenvalue weighted by molar-refractivity contribution is -0.136. The Morgan fingerprint density at radius 3 is 2.54 bits per heavy atom. The molecule has 6 nitrogen and oxygen atoms in total. The van der Waals surface area contributed by atoms with Crippen molar-refractivity contribution in [2.24, 2.45) is 0 Å². The van der Waals surface area contributed by atoms with Gasteiger partial charge in [-0.05, 0) is 42.5 Å². The molecule has 1 saturated heterocycles. The maximum absolute atomic E-state index is 14.2. The van der Waals surface area contributed by atoms with Crippen molar-refractivity contribution in [2.45, 2.75) is 38.8 Å². The van der Waals surface area contributed by atoms with E-state index < -0.39 is 11.8 Å². The SMILES string of the molecule is O=C(O)Cc1cn2c3c(cc(F)cc13)CN(C(=O)N1CCCCC1)CC2. The van der Waals surface area contributed by atoms with Gasteiger partial charge in [-0.1, -0.05) is 0 Å². The summed E-state index contributed by atoms with van der Waals surface area (Å²) in [7, 11) is 0. The van der Waals surface area contributed by atoms with Crippen molar-refractivity contribution in [1.29, 1.82) is 0 Å². The number of carbonyl (C=O) groups excluding carboxylic acids is 1. The standard InChI is InChI=1S/C19H22FN3O3/c20-15-8-14-12-23(19(26)21-4-2-1-3-5-21)7-6-22-11-13(9-17(24)25)16(10-15)18(14)22/h8,10-11H,1-7,9,12H2,(H,24,25). The molecule has 138 valence electrons. The van der Waals surface area contributed by atoms with Crippen LogP contribution in [0.25, 0.3) is 10.9 Å². The Hall–Kier alpha value is -2.57. The summed E-state index contributed by atoms with van der Waals surface area (Å²) in [6.07, 6.45) is 4.87. The van der Waals surface area contributed by atoms with Gasteiger partial charge >= 0.3 is 12.0 Å². The first kappa shape index (κ1) is 16.9. The van der Waals surface area contributed by atoms with Crippen LogP contribution in [0.3, 0.4) is 0 Å². The first-order valence-electron chi connectivity index (χ1n) is 9.09. The van der Waals surface area contributed by atoms with Gasteiger partial charge < -0.3 is 19.5 Å². The molecule has 0 atom stereocenters. The first-order valence-corrected chi connectivity index (χ1v) is 9.09. The molecule has 2 aliphatic heterocycles. The van der Waals surface area contributed by atoms with Crippen LogP contribution in [0.2, 0.25) is 0 Å². The van der Waals surface area contributed by atoms with Gasteiger partial charge in [0.1, 0.15) is 5.82 Å². The molecule has 0 spiro atoms. The number of rotatable bonds is 2. The Kier molecular flexibility index (Phi) is 4.30. The molecular formula is C19H22FN3O3. The van der Waals surface area contributed by atoms with E-state index in [-0.39, 0.29) is 12.5 Å². The topological polar surface area (TPSA) is 65.8 Å². The van der Waals surface area contributed by atoms with Crippen LogP contribution in [0, 0.1) is 5.82 Å². The van der Waals surface area contributed by atoms with Crippen molar-refractivity contribution in [3.8, 4) is 0 Å². The average molecular weight is 359 g/mol. The molecule has 26 heavy (non-hydrogen) atoms. The van der Waals surface area contributed by atoms with E-state index >= 15 is 0 Å². The molecule has 0 radical (unpaired) electrons. The Morgan fingerprint density at radius 2 is 1.81 bits per heavy atom. The lowest BCUT2D eigenvalue weighted by atomic mass is 10.1. The molecule has 1 fully saturated rings. The third-order valence-corrected chi connectivity index (χ3v) is 5.31. The summed E-state index contributed by atoms with van der Waals surface area (Å²) in [4.78, 5) is 27.7. The number of amides is 2. The fourth-order valence-corrected chi connectivity index (χ4v) is 4.12. The smallest absolute Gasteiger partial charge is 0.320 e. The minimum atomic E-state index is -0.936. The largest absolute Gasteiger partial charge is 0.481 e. The summed E-state index contributed by atoms with van der Waals surface area (Å²) in [6, 6.07) is 2.87. The number of carboxylic acids is 1. The van der Waals surface area contributed by atoms with Crippen molar-refractivity contribution in [2.75, 3.05) is 19.6 Å². The Morgan fingerprint density at radius 1 is 1.04 bits per heavy atom. The van der Waals surface area contributed by atoms with Crippen molar-refractivity contribution in [3.05, 3.63) is 35.3 Å². The van der Waals surface area contributed by atoms with Crippen LogP contribution in [0.4, 0.5) is 9.18 Å². The summed E-state index contributed by atoms with van der Waals surface area (Å²) in [5.74, 6) is -1.34. The number of likely N-dealkylation sites (tertiary alicyclic amines) is 1. The van der Waals surface area contributed by atoms with Crippen LogP contribution in [0.15, 0.2) is 18.3 Å². The van der Waals surface area contributed by atoms with E-state index in [9.17, 15) is 14.0 Å². The van der Waals surface area contributed by atoms with E-state index in [4.69, 9.17) is 5.11 Å². The Labute approximate surface area is 150 Å². The van der Waals surface area contributed by atoms with Crippen LogP contribution < -0.4 is 0 Å². The highest BCUT2D eigenvalue weighted by molar-refractivity contribution is 5.90. The molecule has 2 aliphatic rings. The van der Waals surface area contributed by atoms with Gasteiger partial charge in [0.15, 0.2) is 0 Å². The molecule has 0 bridgehead atoms. The van der Waals surface area contributed by atoms with Gasteiger partial charge in [0.25, 0.3) is 0 Å². The second kappa shape index (κ2) is 6.63. The normalized spacial score (nSPS) is 17.4.